The van der Waals surface area contributed by atoms with E-state index in [1.54, 1.807) is 46.2 Å². The van der Waals surface area contributed by atoms with Crippen LogP contribution in [0, 0.1) is 13.8 Å². The van der Waals surface area contributed by atoms with Crippen LogP contribution in [0.25, 0.3) is 0 Å². The SMILES string of the molecule is COC(=O)c1c(C(C)(C=O)NC(=O)OC(C)(C)C)c(C)n(C)c1C. The Morgan fingerprint density at radius 1 is 1.12 bits per heavy atom. The van der Waals surface area contributed by atoms with Crippen molar-refractivity contribution < 1.29 is 23.9 Å². The van der Waals surface area contributed by atoms with Gasteiger partial charge in [-0.25, -0.2) is 9.59 Å². The number of hydrogen-bond acceptors (Lipinski definition) is 5. The molecule has 0 saturated carbocycles. The number of carbonyl (C=O) groups is 3. The van der Waals surface area contributed by atoms with Crippen LogP contribution in [0.15, 0.2) is 0 Å². The predicted molar refractivity (Wildman–Crippen MR) is 89.0 cm³/mol. The number of aromatic nitrogens is 1. The van der Waals surface area contributed by atoms with E-state index < -0.39 is 23.2 Å². The van der Waals surface area contributed by atoms with Crippen molar-refractivity contribution in [3.05, 3.63) is 22.5 Å². The van der Waals surface area contributed by atoms with Gasteiger partial charge in [0.2, 0.25) is 0 Å². The van der Waals surface area contributed by atoms with Gasteiger partial charge in [0.05, 0.1) is 12.7 Å². The van der Waals surface area contributed by atoms with Gasteiger partial charge in [-0.3, -0.25) is 0 Å². The molecule has 0 aliphatic heterocycles. The summed E-state index contributed by atoms with van der Waals surface area (Å²) in [7, 11) is 3.05. The molecule has 1 unspecified atom stereocenters. The lowest BCUT2D eigenvalue weighted by atomic mass is 9.89. The van der Waals surface area contributed by atoms with Crippen LogP contribution < -0.4 is 5.32 Å². The zero-order valence-electron chi connectivity index (χ0n) is 15.6. The van der Waals surface area contributed by atoms with Crippen molar-refractivity contribution in [3.63, 3.8) is 0 Å². The lowest BCUT2D eigenvalue weighted by Gasteiger charge is -2.28. The van der Waals surface area contributed by atoms with Crippen molar-refractivity contribution in [1.29, 1.82) is 0 Å². The van der Waals surface area contributed by atoms with Gasteiger partial charge in [0, 0.05) is 24.0 Å². The second kappa shape index (κ2) is 6.67. The van der Waals surface area contributed by atoms with Gasteiger partial charge in [-0.2, -0.15) is 0 Å². The highest BCUT2D eigenvalue weighted by atomic mass is 16.6. The first-order valence-corrected chi connectivity index (χ1v) is 7.60. The van der Waals surface area contributed by atoms with E-state index in [1.807, 2.05) is 0 Å². The van der Waals surface area contributed by atoms with Crippen molar-refractivity contribution >= 4 is 18.3 Å². The Morgan fingerprint density at radius 2 is 1.67 bits per heavy atom. The van der Waals surface area contributed by atoms with Crippen LogP contribution in [0.1, 0.15) is 55.0 Å². The molecule has 1 heterocycles. The summed E-state index contributed by atoms with van der Waals surface area (Å²) in [5, 5.41) is 2.57. The second-order valence-corrected chi connectivity index (χ2v) is 6.92. The molecule has 0 spiro atoms. The van der Waals surface area contributed by atoms with Gasteiger partial charge in [-0.15, -0.1) is 0 Å². The molecule has 0 bridgehead atoms. The number of amides is 1. The minimum atomic E-state index is -1.43. The van der Waals surface area contributed by atoms with Crippen molar-refractivity contribution in [2.45, 2.75) is 52.7 Å². The number of carbonyl (C=O) groups excluding carboxylic acids is 3. The second-order valence-electron chi connectivity index (χ2n) is 6.92. The molecule has 0 radical (unpaired) electrons. The summed E-state index contributed by atoms with van der Waals surface area (Å²) < 4.78 is 11.8. The van der Waals surface area contributed by atoms with Gasteiger partial charge in [0.1, 0.15) is 17.4 Å². The number of alkyl carbamates (subject to hydrolysis) is 1. The molecule has 24 heavy (non-hydrogen) atoms. The molecule has 0 aromatic carbocycles. The molecular weight excluding hydrogens is 312 g/mol. The third kappa shape index (κ3) is 3.77. The summed E-state index contributed by atoms with van der Waals surface area (Å²) in [5.74, 6) is -0.565. The van der Waals surface area contributed by atoms with Gasteiger partial charge in [-0.05, 0) is 41.5 Å². The van der Waals surface area contributed by atoms with Gasteiger partial charge in [-0.1, -0.05) is 0 Å². The van der Waals surface area contributed by atoms with Crippen molar-refractivity contribution in [1.82, 2.24) is 9.88 Å². The highest BCUT2D eigenvalue weighted by Gasteiger charge is 2.38. The molecule has 1 aromatic heterocycles. The Kier molecular flexibility index (Phi) is 5.48. The molecular formula is C17H26N2O5. The Bertz CT molecular complexity index is 670. The van der Waals surface area contributed by atoms with Crippen LogP contribution in [-0.4, -0.2) is 35.6 Å². The van der Waals surface area contributed by atoms with Crippen LogP contribution in [0.5, 0.6) is 0 Å². The van der Waals surface area contributed by atoms with E-state index in [1.165, 1.54) is 14.0 Å². The molecule has 0 aliphatic rings. The van der Waals surface area contributed by atoms with E-state index in [0.29, 0.717) is 23.2 Å². The maximum absolute atomic E-state index is 12.2. The Labute approximate surface area is 142 Å². The molecule has 1 atom stereocenters. The summed E-state index contributed by atoms with van der Waals surface area (Å²) in [5.41, 5.74) is -0.145. The van der Waals surface area contributed by atoms with E-state index in [2.05, 4.69) is 5.32 Å². The van der Waals surface area contributed by atoms with E-state index in [0.717, 1.165) is 0 Å². The number of hydrogen-bond donors (Lipinski definition) is 1. The summed E-state index contributed by atoms with van der Waals surface area (Å²) in [6.07, 6.45) is -0.153. The van der Waals surface area contributed by atoms with Gasteiger partial charge < -0.3 is 24.2 Å². The maximum Gasteiger partial charge on any atom is 0.408 e. The van der Waals surface area contributed by atoms with E-state index in [4.69, 9.17) is 9.47 Å². The molecule has 1 rings (SSSR count). The largest absolute Gasteiger partial charge is 0.465 e. The van der Waals surface area contributed by atoms with Crippen LogP contribution >= 0.6 is 0 Å². The van der Waals surface area contributed by atoms with Crippen LogP contribution in [0.3, 0.4) is 0 Å². The van der Waals surface area contributed by atoms with Gasteiger partial charge >= 0.3 is 12.1 Å². The molecule has 7 nitrogen and oxygen atoms in total. The monoisotopic (exact) mass is 338 g/mol. The number of rotatable bonds is 4. The average molecular weight is 338 g/mol. The first kappa shape index (κ1) is 19.7. The number of nitrogens with zero attached hydrogens (tertiary/aromatic N) is 1. The lowest BCUT2D eigenvalue weighted by Crippen LogP contribution is -2.47. The standard InChI is InChI=1S/C17H26N2O5/c1-10-12(14(21)23-8)13(11(2)19(10)7)17(6,9-20)18-15(22)24-16(3,4)5/h9H,1-8H3,(H,18,22). The third-order valence-electron chi connectivity index (χ3n) is 3.89. The van der Waals surface area contributed by atoms with Crippen LogP contribution in [0.4, 0.5) is 4.79 Å². The number of esters is 1. The summed E-state index contributed by atoms with van der Waals surface area (Å²) in [4.78, 5) is 36.2. The average Bonchev–Trinajstić information content (AvgIpc) is 2.69. The fourth-order valence-corrected chi connectivity index (χ4v) is 2.60. The van der Waals surface area contributed by atoms with E-state index >= 15 is 0 Å². The van der Waals surface area contributed by atoms with Gasteiger partial charge in [0.25, 0.3) is 0 Å². The van der Waals surface area contributed by atoms with E-state index in [-0.39, 0.29) is 5.56 Å². The lowest BCUT2D eigenvalue weighted by molar-refractivity contribution is -0.113. The maximum atomic E-state index is 12.2. The quantitative estimate of drug-likeness (QED) is 0.673. The molecule has 1 N–H and O–H groups in total. The number of nitrogens with one attached hydrogen (secondary N) is 1. The Hall–Kier alpha value is -2.31. The summed E-state index contributed by atoms with van der Waals surface area (Å²) in [6.45, 7) is 10.2. The molecule has 1 amide bonds. The number of ether oxygens (including phenoxy) is 2. The minimum absolute atomic E-state index is 0.267. The summed E-state index contributed by atoms with van der Waals surface area (Å²) in [6, 6.07) is 0. The Morgan fingerprint density at radius 3 is 2.08 bits per heavy atom. The fourth-order valence-electron chi connectivity index (χ4n) is 2.60. The Balaban J connectivity index is 3.44. The molecule has 1 aromatic rings. The minimum Gasteiger partial charge on any atom is -0.465 e. The number of methoxy groups -OCH3 is 1. The topological polar surface area (TPSA) is 86.6 Å². The van der Waals surface area contributed by atoms with Gasteiger partial charge in [0.15, 0.2) is 0 Å². The zero-order valence-corrected chi connectivity index (χ0v) is 15.6. The van der Waals surface area contributed by atoms with Crippen molar-refractivity contribution in [3.8, 4) is 0 Å². The zero-order chi connectivity index (χ0) is 18.9. The van der Waals surface area contributed by atoms with E-state index in [9.17, 15) is 14.4 Å². The first-order valence-electron chi connectivity index (χ1n) is 7.60. The summed E-state index contributed by atoms with van der Waals surface area (Å²) >= 11 is 0. The molecule has 134 valence electrons. The van der Waals surface area contributed by atoms with Crippen LogP contribution in [-0.2, 0) is 26.9 Å². The van der Waals surface area contributed by atoms with Crippen molar-refractivity contribution in [2.24, 2.45) is 7.05 Å². The first-order chi connectivity index (χ1) is 10.9. The highest BCUT2D eigenvalue weighted by molar-refractivity contribution is 5.95. The predicted octanol–water partition coefficient (Wildman–Crippen LogP) is 2.37. The molecule has 7 heteroatoms. The molecule has 0 fully saturated rings. The third-order valence-corrected chi connectivity index (χ3v) is 3.89. The highest BCUT2D eigenvalue weighted by Crippen LogP contribution is 2.31. The number of aldehydes is 1. The molecule has 0 saturated heterocycles. The fraction of sp³-hybridized carbons (Fsp3) is 0.588. The van der Waals surface area contributed by atoms with Crippen LogP contribution in [0.2, 0.25) is 0 Å². The normalized spacial score (nSPS) is 13.8. The van der Waals surface area contributed by atoms with Crippen molar-refractivity contribution in [2.75, 3.05) is 7.11 Å². The molecule has 0 aliphatic carbocycles. The smallest absolute Gasteiger partial charge is 0.408 e.